The van der Waals surface area contributed by atoms with Crippen LogP contribution < -0.4 is 10.5 Å². The van der Waals surface area contributed by atoms with Gasteiger partial charge in [-0.3, -0.25) is 0 Å². The van der Waals surface area contributed by atoms with E-state index in [0.717, 1.165) is 24.5 Å². The summed E-state index contributed by atoms with van der Waals surface area (Å²) in [7, 11) is -3.39. The zero-order chi connectivity index (χ0) is 13.2. The van der Waals surface area contributed by atoms with Crippen molar-refractivity contribution in [1.29, 1.82) is 0 Å². The van der Waals surface area contributed by atoms with E-state index in [1.54, 1.807) is 6.07 Å². The Morgan fingerprint density at radius 3 is 2.83 bits per heavy atom. The van der Waals surface area contributed by atoms with Crippen LogP contribution in [0, 0.1) is 11.8 Å². The van der Waals surface area contributed by atoms with Gasteiger partial charge in [-0.05, 0) is 30.7 Å². The summed E-state index contributed by atoms with van der Waals surface area (Å²) in [5, 5.41) is 0. The summed E-state index contributed by atoms with van der Waals surface area (Å²) in [6.07, 6.45) is 4.92. The Morgan fingerprint density at radius 1 is 1.50 bits per heavy atom. The number of aromatic amines is 1. The van der Waals surface area contributed by atoms with E-state index in [9.17, 15) is 8.42 Å². The van der Waals surface area contributed by atoms with Crippen molar-refractivity contribution in [2.45, 2.75) is 37.6 Å². The Hall–Kier alpha value is -0.850. The van der Waals surface area contributed by atoms with Gasteiger partial charge in [-0.1, -0.05) is 13.3 Å². The minimum absolute atomic E-state index is 0.272. The predicted octanol–water partition coefficient (Wildman–Crippen LogP) is 1.19. The van der Waals surface area contributed by atoms with Gasteiger partial charge in [-0.25, -0.2) is 13.1 Å². The standard InChI is InChI=1S/C12H21N3O2S/c1-9-2-3-10(4-9)7-15-18(16,17)12-5-11(6-13)14-8-12/h5,8-10,14-15H,2-4,6-7,13H2,1H3. The van der Waals surface area contributed by atoms with Gasteiger partial charge in [0.15, 0.2) is 0 Å². The van der Waals surface area contributed by atoms with E-state index < -0.39 is 10.0 Å². The molecule has 2 atom stereocenters. The maximum absolute atomic E-state index is 12.0. The maximum Gasteiger partial charge on any atom is 0.242 e. The second-order valence-corrected chi connectivity index (χ2v) is 6.97. The van der Waals surface area contributed by atoms with Gasteiger partial charge in [0.25, 0.3) is 0 Å². The first-order valence-corrected chi connectivity index (χ1v) is 7.86. The summed E-state index contributed by atoms with van der Waals surface area (Å²) in [4.78, 5) is 3.12. The molecule has 1 aliphatic carbocycles. The number of sulfonamides is 1. The van der Waals surface area contributed by atoms with Gasteiger partial charge in [-0.2, -0.15) is 0 Å². The molecule has 2 unspecified atom stereocenters. The highest BCUT2D eigenvalue weighted by Crippen LogP contribution is 2.29. The van der Waals surface area contributed by atoms with Crippen molar-refractivity contribution >= 4 is 10.0 Å². The van der Waals surface area contributed by atoms with Crippen LogP contribution in [0.4, 0.5) is 0 Å². The van der Waals surface area contributed by atoms with Gasteiger partial charge in [-0.15, -0.1) is 0 Å². The van der Waals surface area contributed by atoms with E-state index >= 15 is 0 Å². The fourth-order valence-electron chi connectivity index (χ4n) is 2.51. The minimum atomic E-state index is -3.39. The second-order valence-electron chi connectivity index (χ2n) is 5.20. The molecule has 2 rings (SSSR count). The van der Waals surface area contributed by atoms with E-state index in [0.29, 0.717) is 19.0 Å². The van der Waals surface area contributed by atoms with Crippen LogP contribution in [0.15, 0.2) is 17.2 Å². The number of nitrogens with two attached hydrogens (primary N) is 1. The fraction of sp³-hybridized carbons (Fsp3) is 0.667. The largest absolute Gasteiger partial charge is 0.363 e. The first-order valence-electron chi connectivity index (χ1n) is 6.38. The van der Waals surface area contributed by atoms with Crippen molar-refractivity contribution in [3.63, 3.8) is 0 Å². The lowest BCUT2D eigenvalue weighted by Gasteiger charge is -2.10. The van der Waals surface area contributed by atoms with Crippen LogP contribution >= 0.6 is 0 Å². The summed E-state index contributed by atoms with van der Waals surface area (Å²) < 4.78 is 26.7. The van der Waals surface area contributed by atoms with Crippen molar-refractivity contribution in [1.82, 2.24) is 9.71 Å². The third-order valence-electron chi connectivity index (χ3n) is 3.61. The van der Waals surface area contributed by atoms with Crippen molar-refractivity contribution < 1.29 is 8.42 Å². The van der Waals surface area contributed by atoms with E-state index in [1.165, 1.54) is 12.6 Å². The molecule has 0 amide bonds. The Labute approximate surface area is 108 Å². The molecule has 102 valence electrons. The molecule has 0 spiro atoms. The van der Waals surface area contributed by atoms with E-state index in [-0.39, 0.29) is 4.90 Å². The lowest BCUT2D eigenvalue weighted by Crippen LogP contribution is -2.28. The highest BCUT2D eigenvalue weighted by Gasteiger charge is 2.23. The van der Waals surface area contributed by atoms with Crippen molar-refractivity contribution in [2.24, 2.45) is 17.6 Å². The SMILES string of the molecule is CC1CCC(CNS(=O)(=O)c2c[nH]c(CN)c2)C1. The molecular formula is C12H21N3O2S. The van der Waals surface area contributed by atoms with Crippen molar-refractivity contribution in [2.75, 3.05) is 6.54 Å². The first-order chi connectivity index (χ1) is 8.51. The van der Waals surface area contributed by atoms with Gasteiger partial charge in [0.05, 0.1) is 4.90 Å². The molecule has 18 heavy (non-hydrogen) atoms. The molecule has 1 heterocycles. The molecule has 1 aromatic rings. The smallest absolute Gasteiger partial charge is 0.242 e. The molecule has 0 saturated heterocycles. The number of hydrogen-bond acceptors (Lipinski definition) is 3. The Balaban J connectivity index is 1.95. The number of aromatic nitrogens is 1. The average Bonchev–Trinajstić information content (AvgIpc) is 2.95. The number of rotatable bonds is 5. The zero-order valence-corrected chi connectivity index (χ0v) is 11.5. The first kappa shape index (κ1) is 13.6. The van der Waals surface area contributed by atoms with Crippen LogP contribution in [-0.4, -0.2) is 19.9 Å². The predicted molar refractivity (Wildman–Crippen MR) is 70.4 cm³/mol. The lowest BCUT2D eigenvalue weighted by atomic mass is 10.1. The molecule has 0 radical (unpaired) electrons. The fourth-order valence-corrected chi connectivity index (χ4v) is 3.65. The third-order valence-corrected chi connectivity index (χ3v) is 5.01. The summed E-state index contributed by atoms with van der Waals surface area (Å²) in [5.74, 6) is 1.19. The van der Waals surface area contributed by atoms with Crippen LogP contribution in [0.2, 0.25) is 0 Å². The van der Waals surface area contributed by atoms with Crippen molar-refractivity contribution in [3.05, 3.63) is 18.0 Å². The molecule has 0 aliphatic heterocycles. The van der Waals surface area contributed by atoms with Gasteiger partial charge in [0.1, 0.15) is 0 Å². The number of nitrogens with one attached hydrogen (secondary N) is 2. The maximum atomic E-state index is 12.0. The van der Waals surface area contributed by atoms with Gasteiger partial charge >= 0.3 is 0 Å². The zero-order valence-electron chi connectivity index (χ0n) is 10.6. The summed E-state index contributed by atoms with van der Waals surface area (Å²) in [6, 6.07) is 1.58. The molecule has 1 aliphatic rings. The monoisotopic (exact) mass is 271 g/mol. The second kappa shape index (κ2) is 5.42. The molecule has 1 fully saturated rings. The van der Waals surface area contributed by atoms with Crippen LogP contribution in [0.25, 0.3) is 0 Å². The van der Waals surface area contributed by atoms with Gasteiger partial charge in [0, 0.05) is 25.0 Å². The number of H-pyrrole nitrogens is 1. The minimum Gasteiger partial charge on any atom is -0.363 e. The van der Waals surface area contributed by atoms with E-state index in [2.05, 4.69) is 16.6 Å². The Bertz CT molecular complexity index is 495. The number of hydrogen-bond donors (Lipinski definition) is 3. The third kappa shape index (κ3) is 3.13. The average molecular weight is 271 g/mol. The molecule has 6 heteroatoms. The normalized spacial score (nSPS) is 24.6. The highest BCUT2D eigenvalue weighted by atomic mass is 32.2. The highest BCUT2D eigenvalue weighted by molar-refractivity contribution is 7.89. The molecule has 4 N–H and O–H groups in total. The quantitative estimate of drug-likeness (QED) is 0.751. The van der Waals surface area contributed by atoms with E-state index in [1.807, 2.05) is 0 Å². The summed E-state index contributed by atoms with van der Waals surface area (Å²) in [6.45, 7) is 3.07. The summed E-state index contributed by atoms with van der Waals surface area (Å²) in [5.41, 5.74) is 6.18. The molecule has 1 saturated carbocycles. The van der Waals surface area contributed by atoms with Gasteiger partial charge in [0.2, 0.25) is 10.0 Å². The Kier molecular flexibility index (Phi) is 4.09. The van der Waals surface area contributed by atoms with E-state index in [4.69, 9.17) is 5.73 Å². The van der Waals surface area contributed by atoms with Gasteiger partial charge < -0.3 is 10.7 Å². The van der Waals surface area contributed by atoms with Crippen LogP contribution in [-0.2, 0) is 16.6 Å². The molecule has 0 bridgehead atoms. The van der Waals surface area contributed by atoms with Crippen LogP contribution in [0.5, 0.6) is 0 Å². The lowest BCUT2D eigenvalue weighted by molar-refractivity contribution is 0.498. The molecule has 5 nitrogen and oxygen atoms in total. The van der Waals surface area contributed by atoms with Crippen LogP contribution in [0.3, 0.4) is 0 Å². The molecule has 1 aromatic heterocycles. The molecular weight excluding hydrogens is 250 g/mol. The topological polar surface area (TPSA) is 88.0 Å². The summed E-state index contributed by atoms with van der Waals surface area (Å²) >= 11 is 0. The van der Waals surface area contributed by atoms with Crippen LogP contribution in [0.1, 0.15) is 31.9 Å². The molecule has 0 aromatic carbocycles. The Morgan fingerprint density at radius 2 is 2.28 bits per heavy atom. The van der Waals surface area contributed by atoms with Crippen molar-refractivity contribution in [3.8, 4) is 0 Å².